The lowest BCUT2D eigenvalue weighted by atomic mass is 9.94. The number of furan rings is 1. The van der Waals surface area contributed by atoms with Crippen molar-refractivity contribution in [3.63, 3.8) is 0 Å². The Bertz CT molecular complexity index is 2290. The van der Waals surface area contributed by atoms with Gasteiger partial charge in [-0.05, 0) is 75.4 Å². The number of para-hydroxylation sites is 1. The topological polar surface area (TPSA) is 121 Å². The molecule has 0 radical (unpaired) electrons. The minimum absolute atomic E-state index is 0.285. The molecule has 1 aliphatic rings. The third kappa shape index (κ3) is 6.81. The maximum absolute atomic E-state index is 14.3. The fraction of sp³-hybridized carbons (Fsp3) is 0.189. The highest BCUT2D eigenvalue weighted by molar-refractivity contribution is 7.07. The number of carbonyl (C=O) groups is 2. The molecule has 0 unspecified atom stereocenters. The second kappa shape index (κ2) is 14.0. The van der Waals surface area contributed by atoms with Crippen molar-refractivity contribution < 1.29 is 28.2 Å². The number of nitrogens with zero attached hydrogens (tertiary/aromatic N) is 2. The van der Waals surface area contributed by atoms with Gasteiger partial charge in [0.2, 0.25) is 0 Å². The zero-order valence-electron chi connectivity index (χ0n) is 27.3. The van der Waals surface area contributed by atoms with Crippen molar-refractivity contribution in [3.8, 4) is 22.8 Å². The predicted molar refractivity (Wildman–Crippen MR) is 188 cm³/mol. The van der Waals surface area contributed by atoms with E-state index in [-0.39, 0.29) is 17.2 Å². The van der Waals surface area contributed by atoms with Crippen molar-refractivity contribution in [2.75, 3.05) is 19.5 Å². The molecule has 0 saturated carbocycles. The molecule has 0 fully saturated rings. The molecule has 2 aromatic heterocycles. The van der Waals surface area contributed by atoms with Crippen molar-refractivity contribution in [3.05, 3.63) is 132 Å². The molecule has 6 rings (SSSR count). The largest absolute Gasteiger partial charge is 0.497 e. The predicted octanol–water partition coefficient (Wildman–Crippen LogP) is 6.37. The summed E-state index contributed by atoms with van der Waals surface area (Å²) in [6.07, 6.45) is 1.29. The summed E-state index contributed by atoms with van der Waals surface area (Å²) in [5.41, 5.74) is 2.27. The quantitative estimate of drug-likeness (QED) is 0.178. The number of nitrogens with one attached hydrogen (secondary N) is 1. The van der Waals surface area contributed by atoms with Gasteiger partial charge in [0.15, 0.2) is 4.80 Å². The Kier molecular flexibility index (Phi) is 9.57. The fourth-order valence-corrected chi connectivity index (χ4v) is 6.75. The Labute approximate surface area is 290 Å². The van der Waals surface area contributed by atoms with Gasteiger partial charge in [0.25, 0.3) is 11.5 Å². The van der Waals surface area contributed by atoms with Crippen LogP contribution in [0.5, 0.6) is 11.5 Å². The summed E-state index contributed by atoms with van der Waals surface area (Å²) >= 11 is 7.45. The molecule has 250 valence electrons. The summed E-state index contributed by atoms with van der Waals surface area (Å²) in [5, 5.41) is 3.36. The molecule has 12 heteroatoms. The maximum Gasteiger partial charge on any atom is 0.339 e. The van der Waals surface area contributed by atoms with Crippen molar-refractivity contribution in [2.24, 2.45) is 4.99 Å². The van der Waals surface area contributed by atoms with E-state index in [1.807, 2.05) is 18.2 Å². The number of ether oxygens (including phenoxy) is 3. The molecule has 49 heavy (non-hydrogen) atoms. The molecule has 5 aromatic rings. The number of methoxy groups -OCH3 is 2. The number of anilines is 1. The third-order valence-electron chi connectivity index (χ3n) is 7.74. The number of halogens is 1. The van der Waals surface area contributed by atoms with Gasteiger partial charge in [-0.2, -0.15) is 0 Å². The van der Waals surface area contributed by atoms with Gasteiger partial charge in [-0.1, -0.05) is 41.1 Å². The molecule has 0 bridgehead atoms. The van der Waals surface area contributed by atoms with Crippen LogP contribution in [0.15, 0.2) is 104 Å². The van der Waals surface area contributed by atoms with Crippen LogP contribution in [0.4, 0.5) is 5.69 Å². The number of allylic oxidation sites excluding steroid dienone is 1. The van der Waals surface area contributed by atoms with E-state index < -0.39 is 17.9 Å². The molecular formula is C37H32ClN3O7S. The van der Waals surface area contributed by atoms with Gasteiger partial charge in [-0.3, -0.25) is 14.2 Å². The van der Waals surface area contributed by atoms with Crippen LogP contribution in [0, 0.1) is 0 Å². The highest BCUT2D eigenvalue weighted by Crippen LogP contribution is 2.38. The molecular weight excluding hydrogens is 666 g/mol. The Morgan fingerprint density at radius 1 is 1.02 bits per heavy atom. The number of amides is 1. The first kappa shape index (κ1) is 33.5. The zero-order chi connectivity index (χ0) is 34.8. The lowest BCUT2D eigenvalue weighted by Gasteiger charge is -2.26. The van der Waals surface area contributed by atoms with Crippen LogP contribution in [0.25, 0.3) is 17.4 Å². The number of thiazole rings is 1. The average molecular weight is 698 g/mol. The van der Waals surface area contributed by atoms with Crippen molar-refractivity contribution in [1.82, 2.24) is 4.57 Å². The smallest absolute Gasteiger partial charge is 0.339 e. The van der Waals surface area contributed by atoms with E-state index in [0.29, 0.717) is 65.5 Å². The van der Waals surface area contributed by atoms with Crippen LogP contribution in [0.3, 0.4) is 0 Å². The van der Waals surface area contributed by atoms with E-state index in [1.54, 1.807) is 94.6 Å². The number of carbonyl (C=O) groups excluding carboxylic acids is 2. The molecule has 0 saturated heterocycles. The van der Waals surface area contributed by atoms with Crippen LogP contribution in [-0.4, -0.2) is 36.8 Å². The monoisotopic (exact) mass is 697 g/mol. The zero-order valence-corrected chi connectivity index (χ0v) is 28.8. The Morgan fingerprint density at radius 2 is 1.80 bits per heavy atom. The number of hydrogen-bond acceptors (Lipinski definition) is 9. The van der Waals surface area contributed by atoms with Gasteiger partial charge in [0, 0.05) is 34.0 Å². The number of rotatable bonds is 9. The second-order valence-corrected chi connectivity index (χ2v) is 12.8. The van der Waals surface area contributed by atoms with Crippen LogP contribution >= 0.6 is 22.9 Å². The second-order valence-electron chi connectivity index (χ2n) is 11.4. The van der Waals surface area contributed by atoms with Crippen LogP contribution < -0.4 is 29.7 Å². The highest BCUT2D eigenvalue weighted by atomic mass is 35.5. The Morgan fingerprint density at radius 3 is 2.51 bits per heavy atom. The average Bonchev–Trinajstić information content (AvgIpc) is 3.67. The summed E-state index contributed by atoms with van der Waals surface area (Å²) in [5.74, 6) is 0.798. The first-order chi connectivity index (χ1) is 23.6. The number of hydrogen-bond donors (Lipinski definition) is 1. The van der Waals surface area contributed by atoms with E-state index >= 15 is 0 Å². The van der Waals surface area contributed by atoms with E-state index in [9.17, 15) is 14.4 Å². The van der Waals surface area contributed by atoms with Gasteiger partial charge >= 0.3 is 5.97 Å². The summed E-state index contributed by atoms with van der Waals surface area (Å²) in [6, 6.07) is 21.6. The lowest BCUT2D eigenvalue weighted by Crippen LogP contribution is -2.40. The minimum atomic E-state index is -0.879. The molecule has 1 amide bonds. The highest BCUT2D eigenvalue weighted by Gasteiger charge is 2.34. The number of benzene rings is 3. The molecule has 1 aliphatic heterocycles. The number of aromatic nitrogens is 1. The summed E-state index contributed by atoms with van der Waals surface area (Å²) < 4.78 is 24.5. The van der Waals surface area contributed by atoms with Crippen LogP contribution in [-0.2, 0) is 9.53 Å². The van der Waals surface area contributed by atoms with Gasteiger partial charge in [-0.25, -0.2) is 9.79 Å². The van der Waals surface area contributed by atoms with Gasteiger partial charge in [0.05, 0.1) is 41.7 Å². The summed E-state index contributed by atoms with van der Waals surface area (Å²) in [7, 11) is 3.06. The van der Waals surface area contributed by atoms with Gasteiger partial charge < -0.3 is 23.9 Å². The molecule has 0 spiro atoms. The normalized spacial score (nSPS) is 14.3. The first-order valence-corrected chi connectivity index (χ1v) is 16.5. The van der Waals surface area contributed by atoms with E-state index in [4.69, 9.17) is 35.2 Å². The summed E-state index contributed by atoms with van der Waals surface area (Å²) in [4.78, 5) is 46.1. The SMILES string of the molecule is COc1ccc([C@@H]2C(C(=O)Nc3ccccc3)=C(C)N=c3s/c(=C/c4ccc(-c5cc(Cl)ccc5C(=O)OC(C)C)o4)c(=O)n32)c(OC)c1. The molecule has 0 aliphatic carbocycles. The standard InChI is InChI=1S/C37H32ClN3O7S/c1-20(2)47-36(44)26-14-11-22(38)17-28(26)29-16-13-25(48-29)19-31-35(43)41-33(27-15-12-24(45-4)18-30(27)46-5)32(21(3)39-37(41)49-31)34(42)40-23-9-7-6-8-10-23/h6-20,33H,1-5H3,(H,40,42)/b31-19+/t33-/m1/s1. The molecule has 1 atom stereocenters. The lowest BCUT2D eigenvalue weighted by molar-refractivity contribution is -0.113. The Balaban J connectivity index is 1.46. The molecule has 1 N–H and O–H groups in total. The number of esters is 1. The summed E-state index contributed by atoms with van der Waals surface area (Å²) in [6.45, 7) is 5.28. The van der Waals surface area contributed by atoms with Crippen molar-refractivity contribution in [2.45, 2.75) is 32.9 Å². The van der Waals surface area contributed by atoms with Gasteiger partial charge in [-0.15, -0.1) is 0 Å². The first-order valence-electron chi connectivity index (χ1n) is 15.3. The van der Waals surface area contributed by atoms with Crippen molar-refractivity contribution in [1.29, 1.82) is 0 Å². The van der Waals surface area contributed by atoms with Gasteiger partial charge in [0.1, 0.15) is 29.1 Å². The van der Waals surface area contributed by atoms with E-state index in [1.165, 1.54) is 11.7 Å². The number of fused-ring (bicyclic) bond motifs is 1. The minimum Gasteiger partial charge on any atom is -0.497 e. The van der Waals surface area contributed by atoms with Crippen molar-refractivity contribution >= 4 is 46.6 Å². The maximum atomic E-state index is 14.3. The fourth-order valence-electron chi connectivity index (χ4n) is 5.55. The molecule has 10 nitrogen and oxygen atoms in total. The van der Waals surface area contributed by atoms with E-state index in [2.05, 4.69) is 5.32 Å². The Hall–Kier alpha value is -5.39. The molecule has 3 aromatic carbocycles. The molecule has 3 heterocycles. The van der Waals surface area contributed by atoms with Crippen LogP contribution in [0.1, 0.15) is 48.5 Å². The van der Waals surface area contributed by atoms with E-state index in [0.717, 1.165) is 11.3 Å². The van der Waals surface area contributed by atoms with Crippen LogP contribution in [0.2, 0.25) is 5.02 Å². The third-order valence-corrected chi connectivity index (χ3v) is 8.96.